The summed E-state index contributed by atoms with van der Waals surface area (Å²) in [7, 11) is 0. The van der Waals surface area contributed by atoms with E-state index in [0.717, 1.165) is 36.7 Å². The van der Waals surface area contributed by atoms with Crippen molar-refractivity contribution in [2.45, 2.75) is 39.3 Å². The molecule has 0 aliphatic carbocycles. The Bertz CT molecular complexity index is 864. The summed E-state index contributed by atoms with van der Waals surface area (Å²) in [5, 5.41) is 11.1. The first-order valence-electron chi connectivity index (χ1n) is 9.78. The molecular formula is C22H29IN6. The molecule has 3 aromatic rings. The van der Waals surface area contributed by atoms with Crippen molar-refractivity contribution < 1.29 is 0 Å². The normalized spacial score (nSPS) is 12.1. The molecule has 0 spiro atoms. The molecule has 1 atom stereocenters. The maximum atomic E-state index is 4.74. The number of aromatic nitrogens is 3. The Hall–Kier alpha value is -2.42. The summed E-state index contributed by atoms with van der Waals surface area (Å²) in [5.41, 5.74) is 2.45. The summed E-state index contributed by atoms with van der Waals surface area (Å²) in [5.74, 6) is 1.63. The Labute approximate surface area is 189 Å². The Morgan fingerprint density at radius 1 is 1.10 bits per heavy atom. The second-order valence-corrected chi connectivity index (χ2v) is 6.74. The first-order chi connectivity index (χ1) is 13.7. The molecule has 7 heteroatoms. The third-order valence-electron chi connectivity index (χ3n) is 4.40. The molecule has 0 fully saturated rings. The number of rotatable bonds is 8. The molecule has 3 rings (SSSR count). The highest BCUT2D eigenvalue weighted by Gasteiger charge is 2.06. The average molecular weight is 504 g/mol. The van der Waals surface area contributed by atoms with E-state index in [2.05, 4.69) is 64.9 Å². The molecular weight excluding hydrogens is 475 g/mol. The lowest BCUT2D eigenvalue weighted by Gasteiger charge is -2.18. The predicted molar refractivity (Wildman–Crippen MR) is 129 cm³/mol. The van der Waals surface area contributed by atoms with Crippen molar-refractivity contribution in [1.82, 2.24) is 25.4 Å². The van der Waals surface area contributed by atoms with E-state index >= 15 is 0 Å². The lowest BCUT2D eigenvalue weighted by atomic mass is 10.1. The first-order valence-corrected chi connectivity index (χ1v) is 9.78. The smallest absolute Gasteiger partial charge is 0.191 e. The lowest BCUT2D eigenvalue weighted by molar-refractivity contribution is 0.593. The molecule has 0 radical (unpaired) electrons. The summed E-state index contributed by atoms with van der Waals surface area (Å²) < 4.78 is 1.75. The molecule has 2 N–H and O–H groups in total. The Morgan fingerprint density at radius 3 is 2.66 bits per heavy atom. The number of nitrogens with one attached hydrogen (secondary N) is 2. The Kier molecular flexibility index (Phi) is 9.63. The van der Waals surface area contributed by atoms with E-state index in [4.69, 9.17) is 4.99 Å². The van der Waals surface area contributed by atoms with Crippen molar-refractivity contribution in [2.75, 3.05) is 6.54 Å². The second-order valence-electron chi connectivity index (χ2n) is 6.74. The predicted octanol–water partition coefficient (Wildman–Crippen LogP) is 3.96. The lowest BCUT2D eigenvalue weighted by Crippen LogP contribution is -2.42. The number of nitrogens with zero attached hydrogens (tertiary/aromatic N) is 4. The molecule has 1 unspecified atom stereocenters. The highest BCUT2D eigenvalue weighted by Crippen LogP contribution is 2.08. The molecule has 1 aromatic carbocycles. The van der Waals surface area contributed by atoms with Crippen LogP contribution in [0.2, 0.25) is 0 Å². The summed E-state index contributed by atoms with van der Waals surface area (Å²) in [6, 6.07) is 16.8. The number of aliphatic imine (C=N–C) groups is 1. The minimum Gasteiger partial charge on any atom is -0.357 e. The summed E-state index contributed by atoms with van der Waals surface area (Å²) in [4.78, 5) is 9.11. The maximum absolute atomic E-state index is 4.74. The second kappa shape index (κ2) is 12.2. The van der Waals surface area contributed by atoms with Crippen LogP contribution in [0, 0.1) is 0 Å². The number of hydrogen-bond donors (Lipinski definition) is 2. The zero-order chi connectivity index (χ0) is 19.6. The van der Waals surface area contributed by atoms with Gasteiger partial charge >= 0.3 is 0 Å². The number of benzene rings is 1. The van der Waals surface area contributed by atoms with Crippen LogP contribution in [-0.2, 0) is 13.0 Å². The fraction of sp³-hybridized carbons (Fsp3) is 0.318. The van der Waals surface area contributed by atoms with Gasteiger partial charge in [-0.25, -0.2) is 14.7 Å². The number of pyridine rings is 1. The molecule has 0 aliphatic rings. The Morgan fingerprint density at radius 2 is 1.93 bits per heavy atom. The van der Waals surface area contributed by atoms with Gasteiger partial charge in [0, 0.05) is 31.2 Å². The van der Waals surface area contributed by atoms with Gasteiger partial charge in [0.05, 0.1) is 6.54 Å². The summed E-state index contributed by atoms with van der Waals surface area (Å²) in [6.07, 6.45) is 7.52. The largest absolute Gasteiger partial charge is 0.357 e. The molecule has 154 valence electrons. The molecule has 6 nitrogen and oxygen atoms in total. The van der Waals surface area contributed by atoms with Gasteiger partial charge in [-0.05, 0) is 56.0 Å². The number of guanidine groups is 1. The van der Waals surface area contributed by atoms with Crippen LogP contribution in [0.4, 0.5) is 0 Å². The van der Waals surface area contributed by atoms with E-state index in [0.29, 0.717) is 12.6 Å². The molecule has 0 aliphatic heterocycles. The molecule has 29 heavy (non-hydrogen) atoms. The van der Waals surface area contributed by atoms with Crippen LogP contribution >= 0.6 is 24.0 Å². The van der Waals surface area contributed by atoms with Crippen LogP contribution < -0.4 is 10.6 Å². The van der Waals surface area contributed by atoms with E-state index in [1.807, 2.05) is 24.4 Å². The van der Waals surface area contributed by atoms with Gasteiger partial charge in [-0.15, -0.1) is 24.0 Å². The molecule has 0 saturated carbocycles. The molecule has 0 saturated heterocycles. The minimum atomic E-state index is 0. The van der Waals surface area contributed by atoms with Crippen LogP contribution in [0.3, 0.4) is 0 Å². The van der Waals surface area contributed by atoms with Gasteiger partial charge in [0.25, 0.3) is 0 Å². The Balaban J connectivity index is 0.00000300. The van der Waals surface area contributed by atoms with E-state index in [9.17, 15) is 0 Å². The topological polar surface area (TPSA) is 67.1 Å². The summed E-state index contributed by atoms with van der Waals surface area (Å²) in [6.45, 7) is 5.68. The van der Waals surface area contributed by atoms with Crippen LogP contribution in [0.15, 0.2) is 72.1 Å². The quantitative estimate of drug-likeness (QED) is 0.277. The van der Waals surface area contributed by atoms with Gasteiger partial charge in [0.15, 0.2) is 11.8 Å². The molecule has 0 amide bonds. The van der Waals surface area contributed by atoms with Gasteiger partial charge in [-0.3, -0.25) is 0 Å². The van der Waals surface area contributed by atoms with E-state index in [1.54, 1.807) is 17.1 Å². The fourth-order valence-corrected chi connectivity index (χ4v) is 2.91. The van der Waals surface area contributed by atoms with Crippen molar-refractivity contribution in [1.29, 1.82) is 0 Å². The fourth-order valence-electron chi connectivity index (χ4n) is 2.91. The number of hydrogen-bond acceptors (Lipinski definition) is 3. The average Bonchev–Trinajstić information content (AvgIpc) is 3.27. The van der Waals surface area contributed by atoms with Crippen LogP contribution in [-0.4, -0.2) is 33.3 Å². The SMILES string of the molecule is CCNC(=NCc1ccnc(-n2cccn2)c1)NC(C)CCc1ccccc1.I. The van der Waals surface area contributed by atoms with Crippen molar-refractivity contribution in [2.24, 2.45) is 4.99 Å². The molecule has 0 bridgehead atoms. The molecule has 2 aromatic heterocycles. The highest BCUT2D eigenvalue weighted by atomic mass is 127. The van der Waals surface area contributed by atoms with Gasteiger partial charge in [0.1, 0.15) is 0 Å². The van der Waals surface area contributed by atoms with Gasteiger partial charge < -0.3 is 10.6 Å². The van der Waals surface area contributed by atoms with E-state index < -0.39 is 0 Å². The highest BCUT2D eigenvalue weighted by molar-refractivity contribution is 14.0. The van der Waals surface area contributed by atoms with Crippen molar-refractivity contribution in [3.05, 3.63) is 78.2 Å². The standard InChI is InChI=1S/C22H28N6.HI/c1-3-23-22(27-18(2)10-11-19-8-5-4-6-9-19)25-17-20-12-14-24-21(16-20)28-15-7-13-26-28;/h4-9,12-16,18H,3,10-11,17H2,1-2H3,(H2,23,25,27);1H. The summed E-state index contributed by atoms with van der Waals surface area (Å²) >= 11 is 0. The first kappa shape index (κ1) is 22.9. The maximum Gasteiger partial charge on any atom is 0.191 e. The zero-order valence-electron chi connectivity index (χ0n) is 17.0. The van der Waals surface area contributed by atoms with Crippen LogP contribution in [0.1, 0.15) is 31.4 Å². The van der Waals surface area contributed by atoms with Gasteiger partial charge in [0.2, 0.25) is 0 Å². The monoisotopic (exact) mass is 504 g/mol. The van der Waals surface area contributed by atoms with Crippen molar-refractivity contribution >= 4 is 29.9 Å². The minimum absolute atomic E-state index is 0. The molecule has 2 heterocycles. The number of aryl methyl sites for hydroxylation is 1. The van der Waals surface area contributed by atoms with Crippen LogP contribution in [0.25, 0.3) is 5.82 Å². The van der Waals surface area contributed by atoms with Gasteiger partial charge in [-0.1, -0.05) is 30.3 Å². The van der Waals surface area contributed by atoms with Gasteiger partial charge in [-0.2, -0.15) is 5.10 Å². The third kappa shape index (κ3) is 7.49. The van der Waals surface area contributed by atoms with Crippen molar-refractivity contribution in [3.8, 4) is 5.82 Å². The third-order valence-corrected chi connectivity index (χ3v) is 4.40. The van der Waals surface area contributed by atoms with Crippen LogP contribution in [0.5, 0.6) is 0 Å². The van der Waals surface area contributed by atoms with E-state index in [1.165, 1.54) is 5.56 Å². The van der Waals surface area contributed by atoms with E-state index in [-0.39, 0.29) is 24.0 Å². The van der Waals surface area contributed by atoms with Crippen molar-refractivity contribution in [3.63, 3.8) is 0 Å². The zero-order valence-corrected chi connectivity index (χ0v) is 19.3. The number of halogens is 1.